The van der Waals surface area contributed by atoms with Crippen molar-refractivity contribution in [2.45, 2.75) is 19.4 Å². The van der Waals surface area contributed by atoms with Gasteiger partial charge in [-0.2, -0.15) is 5.10 Å². The predicted molar refractivity (Wildman–Crippen MR) is 138 cm³/mol. The second-order valence-electron chi connectivity index (χ2n) is 9.20. The maximum absolute atomic E-state index is 11.4. The van der Waals surface area contributed by atoms with Crippen LogP contribution in [0.25, 0.3) is 38.4 Å². The topological polar surface area (TPSA) is 61.6 Å². The Balaban J connectivity index is 1.58. The smallest absolute Gasteiger partial charge is 0.407 e. The maximum Gasteiger partial charge on any atom is 0.407 e. The van der Waals surface area contributed by atoms with E-state index in [0.29, 0.717) is 19.5 Å². The van der Waals surface area contributed by atoms with Gasteiger partial charge in [0.2, 0.25) is 0 Å². The molecule has 0 atom stereocenters. The number of nitrogens with zero attached hydrogens (tertiary/aromatic N) is 4. The van der Waals surface area contributed by atoms with E-state index in [1.165, 1.54) is 26.8 Å². The summed E-state index contributed by atoms with van der Waals surface area (Å²) in [7, 11) is 4.17. The summed E-state index contributed by atoms with van der Waals surface area (Å²) in [4.78, 5) is 15.0. The molecule has 0 fully saturated rings. The van der Waals surface area contributed by atoms with Crippen LogP contribution in [-0.4, -0.2) is 64.5 Å². The number of aromatic nitrogens is 2. The normalized spacial score (nSPS) is 14.2. The Bertz CT molecular complexity index is 1380. The standard InChI is InChI=1S/C28H30N4O2/c1-30(2)15-6-16-32-27(21-13-17-31(18-14-21)28(33)34)25-12-11-22(19-26(25)29-32)24-10-5-8-20-7-3-4-9-23(20)24/h3-5,7-13,19H,6,14-18H2,1-2H3,(H,33,34). The minimum Gasteiger partial charge on any atom is -0.465 e. The van der Waals surface area contributed by atoms with Crippen LogP contribution < -0.4 is 0 Å². The van der Waals surface area contributed by atoms with Crippen LogP contribution in [0.3, 0.4) is 0 Å². The molecule has 1 aromatic heterocycles. The Labute approximate surface area is 199 Å². The summed E-state index contributed by atoms with van der Waals surface area (Å²) in [6.45, 7) is 2.75. The molecule has 6 heteroatoms. The van der Waals surface area contributed by atoms with Gasteiger partial charge >= 0.3 is 6.09 Å². The number of aryl methyl sites for hydroxylation is 1. The zero-order chi connectivity index (χ0) is 23.7. The second kappa shape index (κ2) is 9.31. The van der Waals surface area contributed by atoms with Crippen molar-refractivity contribution < 1.29 is 9.90 Å². The number of carbonyl (C=O) groups is 1. The molecule has 0 spiro atoms. The number of benzene rings is 3. The Kier molecular flexibility index (Phi) is 6.07. The van der Waals surface area contributed by atoms with Gasteiger partial charge in [0, 0.05) is 25.0 Å². The summed E-state index contributed by atoms with van der Waals surface area (Å²) >= 11 is 0. The van der Waals surface area contributed by atoms with Crippen LogP contribution in [0.5, 0.6) is 0 Å². The Morgan fingerprint density at radius 3 is 2.65 bits per heavy atom. The molecule has 174 valence electrons. The van der Waals surface area contributed by atoms with Crippen molar-refractivity contribution in [3.63, 3.8) is 0 Å². The molecule has 0 radical (unpaired) electrons. The zero-order valence-electron chi connectivity index (χ0n) is 19.7. The van der Waals surface area contributed by atoms with E-state index >= 15 is 0 Å². The fourth-order valence-electron chi connectivity index (χ4n) is 4.87. The minimum absolute atomic E-state index is 0.420. The summed E-state index contributed by atoms with van der Waals surface area (Å²) in [5, 5.41) is 18.0. The second-order valence-corrected chi connectivity index (χ2v) is 9.20. The third-order valence-corrected chi connectivity index (χ3v) is 6.60. The van der Waals surface area contributed by atoms with Gasteiger partial charge in [-0.3, -0.25) is 4.68 Å². The van der Waals surface area contributed by atoms with E-state index in [4.69, 9.17) is 5.10 Å². The first-order valence-electron chi connectivity index (χ1n) is 11.8. The lowest BCUT2D eigenvalue weighted by molar-refractivity contribution is 0.150. The average molecular weight is 455 g/mol. The van der Waals surface area contributed by atoms with Crippen molar-refractivity contribution >= 4 is 33.3 Å². The molecule has 0 unspecified atom stereocenters. The SMILES string of the molecule is CN(C)CCCn1nc2cc(-c3cccc4ccccc34)ccc2c1C1=CCN(C(=O)O)CC1. The van der Waals surface area contributed by atoms with Crippen molar-refractivity contribution in [2.24, 2.45) is 0 Å². The first-order chi connectivity index (χ1) is 16.5. The number of fused-ring (bicyclic) bond motifs is 2. The number of hydrogen-bond acceptors (Lipinski definition) is 3. The monoisotopic (exact) mass is 454 g/mol. The molecule has 1 N–H and O–H groups in total. The fraction of sp³-hybridized carbons (Fsp3) is 0.286. The van der Waals surface area contributed by atoms with Crippen LogP contribution in [0, 0.1) is 0 Å². The molecule has 1 aliphatic heterocycles. The highest BCUT2D eigenvalue weighted by molar-refractivity contribution is 6.00. The van der Waals surface area contributed by atoms with Gasteiger partial charge in [-0.1, -0.05) is 54.6 Å². The summed E-state index contributed by atoms with van der Waals surface area (Å²) in [6.07, 6.45) is 2.89. The van der Waals surface area contributed by atoms with Gasteiger partial charge in [-0.25, -0.2) is 4.79 Å². The Morgan fingerprint density at radius 2 is 1.88 bits per heavy atom. The van der Waals surface area contributed by atoms with Gasteiger partial charge in [0.25, 0.3) is 0 Å². The number of carboxylic acid groups (broad SMARTS) is 1. The van der Waals surface area contributed by atoms with Crippen molar-refractivity contribution in [1.82, 2.24) is 19.6 Å². The van der Waals surface area contributed by atoms with Gasteiger partial charge < -0.3 is 14.9 Å². The maximum atomic E-state index is 11.4. The molecule has 2 heterocycles. The van der Waals surface area contributed by atoms with E-state index in [1.807, 2.05) is 0 Å². The highest BCUT2D eigenvalue weighted by atomic mass is 16.4. The molecule has 1 amide bonds. The van der Waals surface area contributed by atoms with E-state index in [0.717, 1.165) is 41.7 Å². The van der Waals surface area contributed by atoms with Crippen LogP contribution in [0.4, 0.5) is 4.79 Å². The summed E-state index contributed by atoms with van der Waals surface area (Å²) in [5.74, 6) is 0. The molecule has 3 aromatic carbocycles. The summed E-state index contributed by atoms with van der Waals surface area (Å²) in [5.41, 5.74) is 5.65. The Morgan fingerprint density at radius 1 is 1.06 bits per heavy atom. The van der Waals surface area contributed by atoms with Crippen LogP contribution in [0.2, 0.25) is 0 Å². The molecule has 0 saturated carbocycles. The molecule has 0 bridgehead atoms. The van der Waals surface area contributed by atoms with E-state index < -0.39 is 6.09 Å². The molecule has 1 aliphatic rings. The lowest BCUT2D eigenvalue weighted by Gasteiger charge is -2.24. The van der Waals surface area contributed by atoms with E-state index in [9.17, 15) is 9.90 Å². The third-order valence-electron chi connectivity index (χ3n) is 6.60. The largest absolute Gasteiger partial charge is 0.465 e. The van der Waals surface area contributed by atoms with Gasteiger partial charge in [0.1, 0.15) is 0 Å². The molecule has 0 saturated heterocycles. The van der Waals surface area contributed by atoms with Gasteiger partial charge in [0.15, 0.2) is 0 Å². The Hall–Kier alpha value is -3.64. The lowest BCUT2D eigenvalue weighted by atomic mass is 9.96. The minimum atomic E-state index is -0.862. The van der Waals surface area contributed by atoms with Crippen LogP contribution in [-0.2, 0) is 6.54 Å². The van der Waals surface area contributed by atoms with E-state index in [-0.39, 0.29) is 0 Å². The highest BCUT2D eigenvalue weighted by Gasteiger charge is 2.22. The van der Waals surface area contributed by atoms with Crippen molar-refractivity contribution in [3.05, 3.63) is 72.4 Å². The molecular formula is C28H30N4O2. The zero-order valence-corrected chi connectivity index (χ0v) is 19.7. The lowest BCUT2D eigenvalue weighted by Crippen LogP contribution is -2.33. The van der Waals surface area contributed by atoms with Crippen molar-refractivity contribution in [3.8, 4) is 11.1 Å². The molecule has 0 aliphatic carbocycles. The quantitative estimate of drug-likeness (QED) is 0.413. The number of hydrogen-bond donors (Lipinski definition) is 1. The summed E-state index contributed by atoms with van der Waals surface area (Å²) < 4.78 is 2.13. The van der Waals surface area contributed by atoms with Crippen LogP contribution in [0.1, 0.15) is 18.5 Å². The third kappa shape index (κ3) is 4.29. The number of rotatable bonds is 6. The fourth-order valence-corrected chi connectivity index (χ4v) is 4.87. The van der Waals surface area contributed by atoms with Crippen LogP contribution >= 0.6 is 0 Å². The summed E-state index contributed by atoms with van der Waals surface area (Å²) in [6, 6.07) is 21.4. The van der Waals surface area contributed by atoms with Crippen LogP contribution in [0.15, 0.2) is 66.7 Å². The number of amides is 1. The van der Waals surface area contributed by atoms with Crippen molar-refractivity contribution in [1.29, 1.82) is 0 Å². The molecule has 34 heavy (non-hydrogen) atoms. The van der Waals surface area contributed by atoms with E-state index in [1.54, 1.807) is 0 Å². The molecular weight excluding hydrogens is 424 g/mol. The average Bonchev–Trinajstić information content (AvgIpc) is 3.20. The van der Waals surface area contributed by atoms with E-state index in [2.05, 4.69) is 90.4 Å². The first-order valence-corrected chi connectivity index (χ1v) is 11.8. The first kappa shape index (κ1) is 22.2. The van der Waals surface area contributed by atoms with Gasteiger partial charge in [-0.05, 0) is 73.1 Å². The van der Waals surface area contributed by atoms with Crippen molar-refractivity contribution in [2.75, 3.05) is 33.7 Å². The van der Waals surface area contributed by atoms with Gasteiger partial charge in [0.05, 0.1) is 11.2 Å². The molecule has 4 aromatic rings. The molecule has 6 nitrogen and oxygen atoms in total. The predicted octanol–water partition coefficient (Wildman–Crippen LogP) is 5.58. The molecule has 5 rings (SSSR count). The highest BCUT2D eigenvalue weighted by Crippen LogP contribution is 2.34. The van der Waals surface area contributed by atoms with Gasteiger partial charge in [-0.15, -0.1) is 0 Å².